The summed E-state index contributed by atoms with van der Waals surface area (Å²) >= 11 is 0. The molecule has 0 spiro atoms. The van der Waals surface area contributed by atoms with Gasteiger partial charge in [0.2, 0.25) is 0 Å². The van der Waals surface area contributed by atoms with E-state index in [1.54, 1.807) is 11.8 Å². The van der Waals surface area contributed by atoms with Gasteiger partial charge in [0.25, 0.3) is 5.91 Å². The van der Waals surface area contributed by atoms with Gasteiger partial charge in [-0.2, -0.15) is 0 Å². The van der Waals surface area contributed by atoms with Crippen molar-refractivity contribution in [2.45, 2.75) is 26.9 Å². The summed E-state index contributed by atoms with van der Waals surface area (Å²) < 4.78 is 18.1. The number of aliphatic hydroxyl groups excluding tert-OH is 1. The highest BCUT2D eigenvalue weighted by atomic mass is 19.1. The summed E-state index contributed by atoms with van der Waals surface area (Å²) in [6.45, 7) is 6.23. The molecule has 1 N–H and O–H groups in total. The quantitative estimate of drug-likeness (QED) is 0.888. The first-order valence-electron chi connectivity index (χ1n) is 7.51. The molecule has 1 atom stereocenters. The topological polar surface area (TPSA) is 66.6 Å². The minimum atomic E-state index is -0.898. The van der Waals surface area contributed by atoms with Crippen LogP contribution in [0.5, 0.6) is 0 Å². The lowest BCUT2D eigenvalue weighted by Crippen LogP contribution is -2.38. The molecule has 5 nitrogen and oxygen atoms in total. The zero-order valence-corrected chi connectivity index (χ0v) is 13.5. The number of carbonyl (C=O) groups excluding carboxylic acids is 1. The highest BCUT2D eigenvalue weighted by Crippen LogP contribution is 2.18. The van der Waals surface area contributed by atoms with Crippen molar-refractivity contribution in [3.63, 3.8) is 0 Å². The monoisotopic (exact) mass is 320 g/mol. The number of benzene rings is 1. The fourth-order valence-corrected chi connectivity index (χ4v) is 2.34. The molecule has 1 aromatic heterocycles. The second kappa shape index (κ2) is 7.37. The van der Waals surface area contributed by atoms with E-state index in [0.717, 1.165) is 0 Å². The van der Waals surface area contributed by atoms with Gasteiger partial charge < -0.3 is 14.4 Å². The van der Waals surface area contributed by atoms with Crippen LogP contribution in [0.3, 0.4) is 0 Å². The second-order valence-corrected chi connectivity index (χ2v) is 5.93. The van der Waals surface area contributed by atoms with Crippen LogP contribution in [0.2, 0.25) is 0 Å². The van der Waals surface area contributed by atoms with E-state index < -0.39 is 6.10 Å². The molecular weight excluding hydrogens is 299 g/mol. The lowest BCUT2D eigenvalue weighted by molar-refractivity contribution is 0.0588. The third-order valence-electron chi connectivity index (χ3n) is 3.47. The van der Waals surface area contributed by atoms with E-state index in [1.165, 1.54) is 30.7 Å². The molecule has 1 amide bonds. The average molecular weight is 320 g/mol. The predicted octanol–water partition coefficient (Wildman–Crippen LogP) is 2.95. The van der Waals surface area contributed by atoms with Crippen LogP contribution < -0.4 is 0 Å². The number of carbonyl (C=O) groups is 1. The van der Waals surface area contributed by atoms with Crippen LogP contribution >= 0.6 is 0 Å². The number of halogens is 1. The number of hydrogen-bond donors (Lipinski definition) is 1. The van der Waals surface area contributed by atoms with Gasteiger partial charge in [-0.15, -0.1) is 0 Å². The van der Waals surface area contributed by atoms with Gasteiger partial charge in [0.05, 0.1) is 12.6 Å². The van der Waals surface area contributed by atoms with Crippen molar-refractivity contribution >= 4 is 5.91 Å². The number of nitrogens with zero attached hydrogens (tertiary/aromatic N) is 2. The Labute approximate surface area is 134 Å². The SMILES string of the molecule is Cc1ocnc1C(=O)N(CC(C)C)CC(O)c1ccc(F)cc1. The molecule has 23 heavy (non-hydrogen) atoms. The smallest absolute Gasteiger partial charge is 0.276 e. The molecule has 6 heteroatoms. The van der Waals surface area contributed by atoms with E-state index in [4.69, 9.17) is 4.42 Å². The summed E-state index contributed by atoms with van der Waals surface area (Å²) in [5.41, 5.74) is 0.807. The summed E-state index contributed by atoms with van der Waals surface area (Å²) in [5.74, 6) is 0.0204. The average Bonchev–Trinajstić information content (AvgIpc) is 2.92. The van der Waals surface area contributed by atoms with E-state index in [0.29, 0.717) is 17.9 Å². The van der Waals surface area contributed by atoms with Gasteiger partial charge in [-0.1, -0.05) is 26.0 Å². The van der Waals surface area contributed by atoms with Gasteiger partial charge in [0.15, 0.2) is 12.1 Å². The Balaban J connectivity index is 2.16. The van der Waals surface area contributed by atoms with Gasteiger partial charge in [-0.25, -0.2) is 9.37 Å². The molecule has 0 bridgehead atoms. The first kappa shape index (κ1) is 17.1. The number of aryl methyl sites for hydroxylation is 1. The minimum Gasteiger partial charge on any atom is -0.448 e. The highest BCUT2D eigenvalue weighted by Gasteiger charge is 2.24. The number of hydrogen-bond acceptors (Lipinski definition) is 4. The van der Waals surface area contributed by atoms with Crippen LogP contribution in [0.25, 0.3) is 0 Å². The van der Waals surface area contributed by atoms with E-state index in [2.05, 4.69) is 4.98 Å². The van der Waals surface area contributed by atoms with Crippen molar-refractivity contribution in [2.24, 2.45) is 5.92 Å². The maximum atomic E-state index is 13.0. The molecule has 2 rings (SSSR count). The third kappa shape index (κ3) is 4.39. The van der Waals surface area contributed by atoms with Gasteiger partial charge >= 0.3 is 0 Å². The Kier molecular flexibility index (Phi) is 5.50. The normalized spacial score (nSPS) is 12.4. The molecule has 1 unspecified atom stereocenters. The molecule has 0 aliphatic carbocycles. The van der Waals surface area contributed by atoms with Crippen molar-refractivity contribution in [1.29, 1.82) is 0 Å². The van der Waals surface area contributed by atoms with Gasteiger partial charge in [0.1, 0.15) is 11.6 Å². The standard InChI is InChI=1S/C17H21FN2O3/c1-11(2)8-20(17(22)16-12(3)23-10-19-16)9-15(21)13-4-6-14(18)7-5-13/h4-7,10-11,15,21H,8-9H2,1-3H3. The minimum absolute atomic E-state index is 0.106. The van der Waals surface area contributed by atoms with Crippen LogP contribution in [0, 0.1) is 18.7 Å². The van der Waals surface area contributed by atoms with Crippen molar-refractivity contribution in [1.82, 2.24) is 9.88 Å². The second-order valence-electron chi connectivity index (χ2n) is 5.93. The van der Waals surface area contributed by atoms with E-state index in [-0.39, 0.29) is 29.9 Å². The summed E-state index contributed by atoms with van der Waals surface area (Å²) in [5, 5.41) is 10.4. The van der Waals surface area contributed by atoms with Crippen molar-refractivity contribution in [3.05, 3.63) is 53.5 Å². The molecule has 0 fully saturated rings. The zero-order chi connectivity index (χ0) is 17.0. The Hall–Kier alpha value is -2.21. The van der Waals surface area contributed by atoms with Gasteiger partial charge in [-0.3, -0.25) is 4.79 Å². The summed E-state index contributed by atoms with van der Waals surface area (Å²) in [4.78, 5) is 18.1. The molecular formula is C17H21FN2O3. The number of oxazole rings is 1. The Bertz CT molecular complexity index is 652. The van der Waals surface area contributed by atoms with E-state index in [1.807, 2.05) is 13.8 Å². The number of aromatic nitrogens is 1. The summed E-state index contributed by atoms with van der Waals surface area (Å²) in [6, 6.07) is 5.60. The summed E-state index contributed by atoms with van der Waals surface area (Å²) in [7, 11) is 0. The number of amides is 1. The number of aliphatic hydroxyl groups is 1. The van der Waals surface area contributed by atoms with Crippen LogP contribution in [-0.2, 0) is 0 Å². The molecule has 0 saturated carbocycles. The zero-order valence-electron chi connectivity index (χ0n) is 13.5. The van der Waals surface area contributed by atoms with Crippen molar-refractivity contribution < 1.29 is 18.7 Å². The van der Waals surface area contributed by atoms with Crippen LogP contribution in [0.1, 0.15) is 41.8 Å². The van der Waals surface area contributed by atoms with Crippen molar-refractivity contribution in [3.8, 4) is 0 Å². The summed E-state index contributed by atoms with van der Waals surface area (Å²) in [6.07, 6.45) is 0.331. The molecule has 0 aliphatic rings. The van der Waals surface area contributed by atoms with E-state index in [9.17, 15) is 14.3 Å². The molecule has 0 saturated heterocycles. The molecule has 1 heterocycles. The lowest BCUT2D eigenvalue weighted by atomic mass is 10.1. The predicted molar refractivity (Wildman–Crippen MR) is 83.3 cm³/mol. The first-order chi connectivity index (χ1) is 10.9. The van der Waals surface area contributed by atoms with Gasteiger partial charge in [0, 0.05) is 6.54 Å². The molecule has 1 aromatic carbocycles. The Morgan fingerprint density at radius 3 is 2.48 bits per heavy atom. The van der Waals surface area contributed by atoms with Crippen LogP contribution in [-0.4, -0.2) is 34.0 Å². The van der Waals surface area contributed by atoms with Crippen molar-refractivity contribution in [2.75, 3.05) is 13.1 Å². The molecule has 0 radical (unpaired) electrons. The Morgan fingerprint density at radius 1 is 1.30 bits per heavy atom. The van der Waals surface area contributed by atoms with Gasteiger partial charge in [-0.05, 0) is 30.5 Å². The highest BCUT2D eigenvalue weighted by molar-refractivity contribution is 5.93. The molecule has 2 aromatic rings. The maximum Gasteiger partial charge on any atom is 0.276 e. The maximum absolute atomic E-state index is 13.0. The first-order valence-corrected chi connectivity index (χ1v) is 7.51. The fraction of sp³-hybridized carbons (Fsp3) is 0.412. The molecule has 0 aliphatic heterocycles. The van der Waals surface area contributed by atoms with E-state index >= 15 is 0 Å². The number of rotatable bonds is 6. The largest absolute Gasteiger partial charge is 0.448 e. The van der Waals surface area contributed by atoms with Crippen LogP contribution in [0.4, 0.5) is 4.39 Å². The van der Waals surface area contributed by atoms with Crippen LogP contribution in [0.15, 0.2) is 35.1 Å². The lowest BCUT2D eigenvalue weighted by Gasteiger charge is -2.26. The molecule has 124 valence electrons. The fourth-order valence-electron chi connectivity index (χ4n) is 2.34. The Morgan fingerprint density at radius 2 is 1.96 bits per heavy atom. The third-order valence-corrected chi connectivity index (χ3v) is 3.47.